The molecule has 3 rings (SSSR count). The Morgan fingerprint density at radius 1 is 1.04 bits per heavy atom. The van der Waals surface area contributed by atoms with Crippen LogP contribution >= 0.6 is 11.3 Å². The second kappa shape index (κ2) is 7.01. The molecule has 0 unspecified atom stereocenters. The van der Waals surface area contributed by atoms with Gasteiger partial charge in [-0.2, -0.15) is 0 Å². The number of nitrogens with zero attached hydrogens (tertiary/aromatic N) is 1. The number of carbonyl (C=O) groups is 1. The lowest BCUT2D eigenvalue weighted by Gasteiger charge is -2.07. The lowest BCUT2D eigenvalue weighted by molar-refractivity contribution is 0.102. The lowest BCUT2D eigenvalue weighted by atomic mass is 10.1. The molecule has 0 atom stereocenters. The SMILES string of the molecule is Cc1ccc(-c2nc(NC(=O)c3ccccc3S(C)(=O)=O)sc2C)cc1. The van der Waals surface area contributed by atoms with Crippen LogP contribution in [-0.2, 0) is 9.84 Å². The van der Waals surface area contributed by atoms with Crippen molar-refractivity contribution in [2.24, 2.45) is 0 Å². The molecule has 0 saturated heterocycles. The number of nitrogens with one attached hydrogen (secondary N) is 1. The normalized spacial score (nSPS) is 11.3. The van der Waals surface area contributed by atoms with Crippen molar-refractivity contribution in [3.8, 4) is 11.3 Å². The summed E-state index contributed by atoms with van der Waals surface area (Å²) in [6.07, 6.45) is 1.09. The average Bonchev–Trinajstić information content (AvgIpc) is 2.95. The first-order chi connectivity index (χ1) is 12.3. The fraction of sp³-hybridized carbons (Fsp3) is 0.158. The molecule has 0 aliphatic carbocycles. The molecule has 1 aromatic heterocycles. The predicted molar refractivity (Wildman–Crippen MR) is 105 cm³/mol. The number of hydrogen-bond acceptors (Lipinski definition) is 5. The van der Waals surface area contributed by atoms with Gasteiger partial charge in [0.15, 0.2) is 15.0 Å². The average molecular weight is 386 g/mol. The number of amides is 1. The van der Waals surface area contributed by atoms with Crippen LogP contribution in [0.4, 0.5) is 5.13 Å². The number of thiazole rings is 1. The van der Waals surface area contributed by atoms with E-state index >= 15 is 0 Å². The summed E-state index contributed by atoms with van der Waals surface area (Å²) in [6.45, 7) is 3.95. The minimum Gasteiger partial charge on any atom is -0.298 e. The monoisotopic (exact) mass is 386 g/mol. The van der Waals surface area contributed by atoms with Crippen molar-refractivity contribution in [2.45, 2.75) is 18.7 Å². The zero-order chi connectivity index (χ0) is 18.9. The fourth-order valence-corrected chi connectivity index (χ4v) is 4.29. The molecule has 2 aromatic carbocycles. The molecule has 0 spiro atoms. The van der Waals surface area contributed by atoms with Crippen LogP contribution in [0.1, 0.15) is 20.8 Å². The van der Waals surface area contributed by atoms with Gasteiger partial charge in [0.2, 0.25) is 0 Å². The Bertz CT molecular complexity index is 1070. The van der Waals surface area contributed by atoms with Gasteiger partial charge in [0.25, 0.3) is 5.91 Å². The Labute approximate surface area is 156 Å². The minimum atomic E-state index is -3.50. The molecule has 0 fully saturated rings. The van der Waals surface area contributed by atoms with E-state index in [1.54, 1.807) is 12.1 Å². The highest BCUT2D eigenvalue weighted by Gasteiger charge is 2.19. The predicted octanol–water partition coefficient (Wildman–Crippen LogP) is 4.08. The maximum absolute atomic E-state index is 12.6. The molecule has 134 valence electrons. The first-order valence-electron chi connectivity index (χ1n) is 7.90. The van der Waals surface area contributed by atoms with Crippen LogP contribution in [0.25, 0.3) is 11.3 Å². The van der Waals surface area contributed by atoms with E-state index in [0.29, 0.717) is 5.13 Å². The van der Waals surface area contributed by atoms with Gasteiger partial charge < -0.3 is 0 Å². The molecule has 0 aliphatic rings. The first-order valence-corrected chi connectivity index (χ1v) is 10.6. The van der Waals surface area contributed by atoms with Crippen LogP contribution in [-0.4, -0.2) is 25.6 Å². The van der Waals surface area contributed by atoms with Gasteiger partial charge in [-0.15, -0.1) is 11.3 Å². The summed E-state index contributed by atoms with van der Waals surface area (Å²) in [6, 6.07) is 14.1. The number of rotatable bonds is 4. The molecule has 0 aliphatic heterocycles. The Morgan fingerprint density at radius 3 is 2.35 bits per heavy atom. The van der Waals surface area contributed by atoms with E-state index in [2.05, 4.69) is 10.3 Å². The second-order valence-electron chi connectivity index (χ2n) is 6.01. The van der Waals surface area contributed by atoms with Crippen LogP contribution in [0.3, 0.4) is 0 Å². The van der Waals surface area contributed by atoms with Crippen molar-refractivity contribution in [1.82, 2.24) is 4.98 Å². The zero-order valence-corrected chi connectivity index (χ0v) is 16.2. The molecule has 1 N–H and O–H groups in total. The van der Waals surface area contributed by atoms with E-state index in [4.69, 9.17) is 0 Å². The summed E-state index contributed by atoms with van der Waals surface area (Å²) >= 11 is 1.36. The summed E-state index contributed by atoms with van der Waals surface area (Å²) in [4.78, 5) is 18.1. The van der Waals surface area contributed by atoms with E-state index in [1.165, 1.54) is 23.5 Å². The fourth-order valence-electron chi connectivity index (χ4n) is 2.57. The van der Waals surface area contributed by atoms with Crippen molar-refractivity contribution in [1.29, 1.82) is 0 Å². The van der Waals surface area contributed by atoms with Gasteiger partial charge in [-0.3, -0.25) is 10.1 Å². The van der Waals surface area contributed by atoms with Crippen molar-refractivity contribution < 1.29 is 13.2 Å². The molecular formula is C19H18N2O3S2. The lowest BCUT2D eigenvalue weighted by Crippen LogP contribution is -2.15. The number of anilines is 1. The Hall–Kier alpha value is -2.51. The van der Waals surface area contributed by atoms with E-state index < -0.39 is 15.7 Å². The maximum Gasteiger partial charge on any atom is 0.258 e. The van der Waals surface area contributed by atoms with Crippen molar-refractivity contribution >= 4 is 32.2 Å². The van der Waals surface area contributed by atoms with E-state index in [0.717, 1.165) is 28.0 Å². The van der Waals surface area contributed by atoms with Crippen molar-refractivity contribution in [3.05, 3.63) is 64.5 Å². The van der Waals surface area contributed by atoms with Crippen LogP contribution in [0.2, 0.25) is 0 Å². The summed E-state index contributed by atoms with van der Waals surface area (Å²) in [5.74, 6) is -0.491. The first kappa shape index (κ1) is 18.3. The van der Waals surface area contributed by atoms with Gasteiger partial charge in [0.05, 0.1) is 16.2 Å². The molecule has 0 saturated carbocycles. The maximum atomic E-state index is 12.6. The van der Waals surface area contributed by atoms with Crippen molar-refractivity contribution in [3.63, 3.8) is 0 Å². The van der Waals surface area contributed by atoms with Gasteiger partial charge in [0, 0.05) is 16.7 Å². The molecule has 3 aromatic rings. The van der Waals surface area contributed by atoms with Gasteiger partial charge in [-0.1, -0.05) is 42.0 Å². The number of aryl methyl sites for hydroxylation is 2. The number of aromatic nitrogens is 1. The molecule has 1 amide bonds. The number of sulfone groups is 1. The molecule has 0 radical (unpaired) electrons. The third kappa shape index (κ3) is 3.84. The molecular weight excluding hydrogens is 368 g/mol. The van der Waals surface area contributed by atoms with Gasteiger partial charge in [-0.05, 0) is 26.0 Å². The largest absolute Gasteiger partial charge is 0.298 e. The highest BCUT2D eigenvalue weighted by atomic mass is 32.2. The van der Waals surface area contributed by atoms with Crippen LogP contribution in [0.5, 0.6) is 0 Å². The molecule has 0 bridgehead atoms. The summed E-state index contributed by atoms with van der Waals surface area (Å²) in [5, 5.41) is 3.15. The quantitative estimate of drug-likeness (QED) is 0.733. The van der Waals surface area contributed by atoms with Crippen LogP contribution in [0.15, 0.2) is 53.4 Å². The molecule has 26 heavy (non-hydrogen) atoms. The molecule has 1 heterocycles. The second-order valence-corrected chi connectivity index (χ2v) is 9.20. The summed E-state index contributed by atoms with van der Waals surface area (Å²) < 4.78 is 23.8. The summed E-state index contributed by atoms with van der Waals surface area (Å²) in [5.41, 5.74) is 3.05. The third-order valence-corrected chi connectivity index (χ3v) is 5.91. The van der Waals surface area contributed by atoms with Gasteiger partial charge in [-0.25, -0.2) is 13.4 Å². The minimum absolute atomic E-state index is 0.00420. The Morgan fingerprint density at radius 2 is 1.69 bits per heavy atom. The topological polar surface area (TPSA) is 76.1 Å². The molecule has 5 nitrogen and oxygen atoms in total. The standard InChI is InChI=1S/C19H18N2O3S2/c1-12-8-10-14(11-9-12)17-13(2)25-19(20-17)21-18(22)15-6-4-5-7-16(15)26(3,23)24/h4-11H,1-3H3,(H,20,21,22). The number of benzene rings is 2. The Balaban J connectivity index is 1.90. The van der Waals surface area contributed by atoms with Gasteiger partial charge >= 0.3 is 0 Å². The summed E-state index contributed by atoms with van der Waals surface area (Å²) in [7, 11) is -3.50. The van der Waals surface area contributed by atoms with Crippen molar-refractivity contribution in [2.75, 3.05) is 11.6 Å². The third-order valence-electron chi connectivity index (χ3n) is 3.87. The molecule has 7 heteroatoms. The Kier molecular flexibility index (Phi) is 4.93. The number of hydrogen-bond donors (Lipinski definition) is 1. The zero-order valence-electron chi connectivity index (χ0n) is 14.6. The van der Waals surface area contributed by atoms with Crippen LogP contribution in [0, 0.1) is 13.8 Å². The number of carbonyl (C=O) groups excluding carboxylic acids is 1. The van der Waals surface area contributed by atoms with Crippen LogP contribution < -0.4 is 5.32 Å². The van der Waals surface area contributed by atoms with E-state index in [1.807, 2.05) is 38.1 Å². The highest BCUT2D eigenvalue weighted by Crippen LogP contribution is 2.31. The van der Waals surface area contributed by atoms with E-state index in [-0.39, 0.29) is 10.5 Å². The highest BCUT2D eigenvalue weighted by molar-refractivity contribution is 7.90. The smallest absolute Gasteiger partial charge is 0.258 e. The van der Waals surface area contributed by atoms with E-state index in [9.17, 15) is 13.2 Å². The van der Waals surface area contributed by atoms with Gasteiger partial charge in [0.1, 0.15) is 0 Å².